The number of hydrogen-bond donors (Lipinski definition) is 0. The summed E-state index contributed by atoms with van der Waals surface area (Å²) in [4.78, 5) is 1.31. The molecule has 0 saturated carbocycles. The molecule has 3 rings (SSSR count). The predicted octanol–water partition coefficient (Wildman–Crippen LogP) is 3.95. The molecule has 0 aliphatic rings. The van der Waals surface area contributed by atoms with Gasteiger partial charge in [-0.05, 0) is 29.4 Å². The van der Waals surface area contributed by atoms with Gasteiger partial charge in [0, 0.05) is 21.6 Å². The van der Waals surface area contributed by atoms with Crippen LogP contribution >= 0.6 is 11.3 Å². The topological polar surface area (TPSA) is 27.7 Å². The number of fused-ring (bicyclic) bond motifs is 1. The first-order chi connectivity index (χ1) is 12.7. The molecule has 2 aromatic carbocycles. The second-order valence-corrected chi connectivity index (χ2v) is 7.55. The van der Waals surface area contributed by atoms with Gasteiger partial charge in [-0.2, -0.15) is 0 Å². The molecule has 26 heavy (non-hydrogen) atoms. The van der Waals surface area contributed by atoms with E-state index in [0.29, 0.717) is 12.4 Å². The highest BCUT2D eigenvalue weighted by Crippen LogP contribution is 2.40. The van der Waals surface area contributed by atoms with Gasteiger partial charge in [0.1, 0.15) is 7.85 Å². The van der Waals surface area contributed by atoms with E-state index in [0.717, 1.165) is 41.8 Å². The summed E-state index contributed by atoms with van der Waals surface area (Å²) >= 11 is 1.82. The Balaban J connectivity index is 1.96. The van der Waals surface area contributed by atoms with Crippen molar-refractivity contribution in [2.24, 2.45) is 0 Å². The van der Waals surface area contributed by atoms with Gasteiger partial charge in [-0.25, -0.2) is 0 Å². The quantitative estimate of drug-likeness (QED) is 0.445. The fourth-order valence-corrected chi connectivity index (χ4v) is 4.26. The van der Waals surface area contributed by atoms with Crippen LogP contribution in [0, 0.1) is 0 Å². The molecule has 0 bridgehead atoms. The van der Waals surface area contributed by atoms with Crippen molar-refractivity contribution in [3.05, 3.63) is 46.8 Å². The molecule has 0 radical (unpaired) electrons. The molecule has 0 spiro atoms. The SMILES string of the molecule is Bc1cc(Cc2cc3ccccc3s2)c(OC)c(OC)c1OCCCC. The van der Waals surface area contributed by atoms with E-state index in [4.69, 9.17) is 14.2 Å². The minimum Gasteiger partial charge on any atom is -0.492 e. The molecule has 0 aliphatic carbocycles. The van der Waals surface area contributed by atoms with E-state index >= 15 is 0 Å². The number of ether oxygens (including phenoxy) is 3. The molecule has 0 amide bonds. The predicted molar refractivity (Wildman–Crippen MR) is 113 cm³/mol. The van der Waals surface area contributed by atoms with E-state index in [9.17, 15) is 0 Å². The summed E-state index contributed by atoms with van der Waals surface area (Å²) < 4.78 is 18.7. The van der Waals surface area contributed by atoms with Crippen molar-refractivity contribution in [1.82, 2.24) is 0 Å². The molecule has 3 nitrogen and oxygen atoms in total. The zero-order valence-electron chi connectivity index (χ0n) is 15.9. The Kier molecular flexibility index (Phi) is 6.10. The third-order valence-electron chi connectivity index (χ3n) is 4.45. The van der Waals surface area contributed by atoms with Gasteiger partial charge in [0.15, 0.2) is 11.5 Å². The maximum Gasteiger partial charge on any atom is 0.202 e. The Morgan fingerprint density at radius 3 is 2.46 bits per heavy atom. The number of methoxy groups -OCH3 is 2. The monoisotopic (exact) mass is 368 g/mol. The zero-order chi connectivity index (χ0) is 18.5. The van der Waals surface area contributed by atoms with Crippen LogP contribution in [0.1, 0.15) is 30.2 Å². The molecule has 0 saturated heterocycles. The van der Waals surface area contributed by atoms with E-state index in [1.54, 1.807) is 14.2 Å². The van der Waals surface area contributed by atoms with Crippen LogP contribution in [0.3, 0.4) is 0 Å². The lowest BCUT2D eigenvalue weighted by Gasteiger charge is -2.19. The van der Waals surface area contributed by atoms with Gasteiger partial charge in [0.05, 0.1) is 20.8 Å². The summed E-state index contributed by atoms with van der Waals surface area (Å²) in [6.07, 6.45) is 2.94. The maximum atomic E-state index is 5.99. The molecule has 0 fully saturated rings. The Labute approximate surface area is 160 Å². The largest absolute Gasteiger partial charge is 0.492 e. The molecule has 3 aromatic rings. The van der Waals surface area contributed by atoms with Crippen molar-refractivity contribution in [2.75, 3.05) is 20.8 Å². The van der Waals surface area contributed by atoms with Gasteiger partial charge in [0.2, 0.25) is 5.75 Å². The summed E-state index contributed by atoms with van der Waals surface area (Å²) in [5.41, 5.74) is 2.20. The lowest BCUT2D eigenvalue weighted by Crippen LogP contribution is -2.14. The van der Waals surface area contributed by atoms with Gasteiger partial charge in [-0.3, -0.25) is 0 Å². The number of rotatable bonds is 8. The van der Waals surface area contributed by atoms with E-state index in [1.807, 2.05) is 11.3 Å². The lowest BCUT2D eigenvalue weighted by atomic mass is 9.90. The van der Waals surface area contributed by atoms with Crippen LogP contribution < -0.4 is 19.7 Å². The molecular formula is C21H25BO3S. The van der Waals surface area contributed by atoms with E-state index < -0.39 is 0 Å². The van der Waals surface area contributed by atoms with Gasteiger partial charge in [-0.15, -0.1) is 11.3 Å². The van der Waals surface area contributed by atoms with Crippen LogP contribution in [0.5, 0.6) is 17.2 Å². The van der Waals surface area contributed by atoms with Crippen molar-refractivity contribution in [1.29, 1.82) is 0 Å². The molecule has 1 heterocycles. The standard InChI is InChI=1S/C21H25BO3S/c1-4-5-10-25-20-17(22)13-15(19(23-2)21(20)24-3)12-16-11-14-8-6-7-9-18(14)26-16/h6-9,11,13H,4-5,10,12,22H2,1-3H3. The Morgan fingerprint density at radius 1 is 1.00 bits per heavy atom. The first kappa shape index (κ1) is 18.6. The van der Waals surface area contributed by atoms with Gasteiger partial charge in [-0.1, -0.05) is 37.6 Å². The number of benzene rings is 2. The van der Waals surface area contributed by atoms with Crippen LogP contribution in [-0.4, -0.2) is 28.7 Å². The van der Waals surface area contributed by atoms with E-state index in [2.05, 4.69) is 51.2 Å². The Morgan fingerprint density at radius 2 is 1.77 bits per heavy atom. The summed E-state index contributed by atoms with van der Waals surface area (Å²) in [5, 5.41) is 1.29. The highest BCUT2D eigenvalue weighted by atomic mass is 32.1. The first-order valence-electron chi connectivity index (χ1n) is 9.02. The van der Waals surface area contributed by atoms with Crippen molar-refractivity contribution in [3.8, 4) is 17.2 Å². The van der Waals surface area contributed by atoms with E-state index in [-0.39, 0.29) is 0 Å². The number of hydrogen-bond acceptors (Lipinski definition) is 4. The molecule has 0 aliphatic heterocycles. The van der Waals surface area contributed by atoms with Crippen LogP contribution in [0.25, 0.3) is 10.1 Å². The van der Waals surface area contributed by atoms with Crippen LogP contribution in [-0.2, 0) is 6.42 Å². The molecule has 1 aromatic heterocycles. The third-order valence-corrected chi connectivity index (χ3v) is 5.56. The summed E-state index contributed by atoms with van der Waals surface area (Å²) in [6.45, 7) is 2.84. The van der Waals surface area contributed by atoms with Crippen molar-refractivity contribution in [3.63, 3.8) is 0 Å². The number of unbranched alkanes of at least 4 members (excludes halogenated alkanes) is 1. The average molecular weight is 368 g/mol. The van der Waals surface area contributed by atoms with Crippen LogP contribution in [0.4, 0.5) is 0 Å². The minimum atomic E-state index is 0.687. The first-order valence-corrected chi connectivity index (χ1v) is 9.84. The average Bonchev–Trinajstić information content (AvgIpc) is 3.05. The highest BCUT2D eigenvalue weighted by molar-refractivity contribution is 7.19. The fourth-order valence-electron chi connectivity index (χ4n) is 3.17. The minimum absolute atomic E-state index is 0.687. The van der Waals surface area contributed by atoms with Gasteiger partial charge >= 0.3 is 0 Å². The van der Waals surface area contributed by atoms with Gasteiger partial charge < -0.3 is 14.2 Å². The molecular weight excluding hydrogens is 343 g/mol. The normalized spacial score (nSPS) is 10.9. The number of thiophene rings is 1. The summed E-state index contributed by atoms with van der Waals surface area (Å²) in [5.74, 6) is 2.25. The zero-order valence-corrected chi connectivity index (χ0v) is 16.7. The molecule has 5 heteroatoms. The Hall–Kier alpha value is -2.14. The molecule has 0 N–H and O–H groups in total. The van der Waals surface area contributed by atoms with E-state index in [1.165, 1.54) is 15.0 Å². The van der Waals surface area contributed by atoms with Crippen molar-refractivity contribution < 1.29 is 14.2 Å². The lowest BCUT2D eigenvalue weighted by molar-refractivity contribution is 0.280. The second kappa shape index (κ2) is 8.50. The fraction of sp³-hybridized carbons (Fsp3) is 0.333. The van der Waals surface area contributed by atoms with Crippen LogP contribution in [0.15, 0.2) is 36.4 Å². The van der Waals surface area contributed by atoms with Crippen LogP contribution in [0.2, 0.25) is 0 Å². The maximum absolute atomic E-state index is 5.99. The Bertz CT molecular complexity index is 855. The molecule has 136 valence electrons. The van der Waals surface area contributed by atoms with Crippen molar-refractivity contribution in [2.45, 2.75) is 26.2 Å². The third kappa shape index (κ3) is 3.83. The highest BCUT2D eigenvalue weighted by Gasteiger charge is 2.20. The summed E-state index contributed by atoms with van der Waals surface area (Å²) in [6, 6.07) is 12.9. The molecule has 0 atom stereocenters. The second-order valence-electron chi connectivity index (χ2n) is 6.38. The smallest absolute Gasteiger partial charge is 0.202 e. The molecule has 0 unspecified atom stereocenters. The summed E-state index contributed by atoms with van der Waals surface area (Å²) in [7, 11) is 5.43. The van der Waals surface area contributed by atoms with Crippen molar-refractivity contribution >= 4 is 34.7 Å². The van der Waals surface area contributed by atoms with Gasteiger partial charge in [0.25, 0.3) is 0 Å².